The molecule has 1 aromatic carbocycles. The fourth-order valence-corrected chi connectivity index (χ4v) is 2.59. The molecule has 0 aliphatic carbocycles. The zero-order chi connectivity index (χ0) is 14.3. The lowest BCUT2D eigenvalue weighted by molar-refractivity contribution is -0.136. The van der Waals surface area contributed by atoms with Gasteiger partial charge in [0.15, 0.2) is 0 Å². The molecular weight excluding hydrogens is 254 g/mol. The molecule has 0 atom stereocenters. The largest absolute Gasteiger partial charge is 0.481 e. The first-order chi connectivity index (χ1) is 9.58. The van der Waals surface area contributed by atoms with Crippen LogP contribution in [0.25, 0.3) is 22.2 Å². The van der Waals surface area contributed by atoms with Gasteiger partial charge in [-0.2, -0.15) is 5.10 Å². The second kappa shape index (κ2) is 4.52. The monoisotopic (exact) mass is 269 g/mol. The number of fused-ring (bicyclic) bond motifs is 1. The number of hydrogen-bond donors (Lipinski definition) is 2. The normalized spacial score (nSPS) is 11.1. The van der Waals surface area contributed by atoms with E-state index in [4.69, 9.17) is 5.11 Å². The molecule has 0 aliphatic rings. The van der Waals surface area contributed by atoms with Crippen molar-refractivity contribution in [2.75, 3.05) is 0 Å². The number of H-pyrrole nitrogens is 1. The van der Waals surface area contributed by atoms with Gasteiger partial charge in [-0.25, -0.2) is 0 Å². The number of aliphatic carboxylic acids is 1. The Bertz CT molecular complexity index is 799. The Morgan fingerprint density at radius 2 is 2.15 bits per heavy atom. The molecule has 0 unspecified atom stereocenters. The number of carbonyl (C=O) groups is 1. The Hall–Kier alpha value is -2.56. The van der Waals surface area contributed by atoms with E-state index in [1.807, 2.05) is 32.2 Å². The average molecular weight is 269 g/mol. The van der Waals surface area contributed by atoms with Crippen LogP contribution in [0.15, 0.2) is 30.3 Å². The highest BCUT2D eigenvalue weighted by molar-refractivity contribution is 5.97. The fourth-order valence-electron chi connectivity index (χ4n) is 2.59. The van der Waals surface area contributed by atoms with Crippen molar-refractivity contribution in [1.29, 1.82) is 0 Å². The minimum Gasteiger partial charge on any atom is -0.481 e. The van der Waals surface area contributed by atoms with E-state index in [1.54, 1.807) is 0 Å². The summed E-state index contributed by atoms with van der Waals surface area (Å²) in [6.45, 7) is 2.04. The molecule has 0 bridgehead atoms. The molecule has 5 heteroatoms. The molecule has 102 valence electrons. The number of aromatic amines is 1. The van der Waals surface area contributed by atoms with Crippen LogP contribution in [-0.2, 0) is 18.3 Å². The standard InChI is InChI=1S/C15H15N3O2/c1-9-15(11-5-3-4-6-13(11)18(9)2)12-7-10(16-17-12)8-14(19)20/h3-7H,8H2,1-2H3,(H,16,17)(H,19,20). The molecule has 20 heavy (non-hydrogen) atoms. The van der Waals surface area contributed by atoms with Gasteiger partial charge in [-0.1, -0.05) is 18.2 Å². The summed E-state index contributed by atoms with van der Waals surface area (Å²) in [6.07, 6.45) is -0.0448. The van der Waals surface area contributed by atoms with Crippen molar-refractivity contribution in [2.24, 2.45) is 7.05 Å². The van der Waals surface area contributed by atoms with Crippen LogP contribution in [0.1, 0.15) is 11.4 Å². The van der Waals surface area contributed by atoms with E-state index >= 15 is 0 Å². The van der Waals surface area contributed by atoms with Gasteiger partial charge in [0, 0.05) is 34.9 Å². The van der Waals surface area contributed by atoms with Crippen molar-refractivity contribution < 1.29 is 9.90 Å². The van der Waals surface area contributed by atoms with Crippen LogP contribution in [0.2, 0.25) is 0 Å². The predicted octanol–water partition coefficient (Wildman–Crippen LogP) is 2.50. The summed E-state index contributed by atoms with van der Waals surface area (Å²) in [5.74, 6) is -0.866. The van der Waals surface area contributed by atoms with E-state index in [0.717, 1.165) is 27.9 Å². The molecule has 0 fully saturated rings. The third-order valence-electron chi connectivity index (χ3n) is 3.63. The van der Waals surface area contributed by atoms with Gasteiger partial charge in [-0.05, 0) is 19.1 Å². The summed E-state index contributed by atoms with van der Waals surface area (Å²) in [4.78, 5) is 10.7. The van der Waals surface area contributed by atoms with Gasteiger partial charge >= 0.3 is 5.97 Å². The Morgan fingerprint density at radius 3 is 2.90 bits per heavy atom. The van der Waals surface area contributed by atoms with Gasteiger partial charge in [0.2, 0.25) is 0 Å². The molecule has 0 saturated carbocycles. The van der Waals surface area contributed by atoms with Crippen molar-refractivity contribution in [3.8, 4) is 11.3 Å². The number of benzene rings is 1. The summed E-state index contributed by atoms with van der Waals surface area (Å²) in [5, 5.41) is 17.0. The Morgan fingerprint density at radius 1 is 1.40 bits per heavy atom. The summed E-state index contributed by atoms with van der Waals surface area (Å²) >= 11 is 0. The third-order valence-corrected chi connectivity index (χ3v) is 3.63. The molecule has 2 aromatic heterocycles. The van der Waals surface area contributed by atoms with Crippen molar-refractivity contribution in [2.45, 2.75) is 13.3 Å². The molecule has 3 rings (SSSR count). The molecular formula is C15H15N3O2. The second-order valence-electron chi connectivity index (χ2n) is 4.89. The lowest BCUT2D eigenvalue weighted by Crippen LogP contribution is -1.99. The van der Waals surface area contributed by atoms with Crippen LogP contribution >= 0.6 is 0 Å². The summed E-state index contributed by atoms with van der Waals surface area (Å²) < 4.78 is 2.12. The minimum absolute atomic E-state index is 0.0448. The topological polar surface area (TPSA) is 70.9 Å². The number of carboxylic acids is 1. The zero-order valence-corrected chi connectivity index (χ0v) is 11.3. The molecule has 2 heterocycles. The van der Waals surface area contributed by atoms with Gasteiger partial charge in [0.05, 0.1) is 12.1 Å². The number of nitrogens with zero attached hydrogens (tertiary/aromatic N) is 2. The van der Waals surface area contributed by atoms with Crippen LogP contribution in [-0.4, -0.2) is 25.8 Å². The van der Waals surface area contributed by atoms with Gasteiger partial charge in [-0.3, -0.25) is 9.89 Å². The molecule has 3 aromatic rings. The number of nitrogens with one attached hydrogen (secondary N) is 1. The summed E-state index contributed by atoms with van der Waals surface area (Å²) in [5.41, 5.74) is 4.70. The first-order valence-corrected chi connectivity index (χ1v) is 6.38. The van der Waals surface area contributed by atoms with Gasteiger partial charge < -0.3 is 9.67 Å². The zero-order valence-electron chi connectivity index (χ0n) is 11.3. The van der Waals surface area contributed by atoms with Crippen molar-refractivity contribution >= 4 is 16.9 Å². The van der Waals surface area contributed by atoms with Crippen molar-refractivity contribution in [3.63, 3.8) is 0 Å². The highest BCUT2D eigenvalue weighted by atomic mass is 16.4. The summed E-state index contributed by atoms with van der Waals surface area (Å²) in [6, 6.07) is 9.94. The second-order valence-corrected chi connectivity index (χ2v) is 4.89. The fraction of sp³-hybridized carbons (Fsp3) is 0.200. The maximum atomic E-state index is 10.7. The van der Waals surface area contributed by atoms with E-state index in [9.17, 15) is 4.79 Å². The van der Waals surface area contributed by atoms with E-state index in [2.05, 4.69) is 26.9 Å². The number of aryl methyl sites for hydroxylation is 1. The number of hydrogen-bond acceptors (Lipinski definition) is 2. The van der Waals surface area contributed by atoms with Crippen LogP contribution in [0.4, 0.5) is 0 Å². The lowest BCUT2D eigenvalue weighted by atomic mass is 10.1. The minimum atomic E-state index is -0.866. The van der Waals surface area contributed by atoms with Gasteiger partial charge in [0.1, 0.15) is 0 Å². The maximum absolute atomic E-state index is 10.7. The van der Waals surface area contributed by atoms with Gasteiger partial charge in [-0.15, -0.1) is 0 Å². The predicted molar refractivity (Wildman–Crippen MR) is 76.6 cm³/mol. The van der Waals surface area contributed by atoms with E-state index in [0.29, 0.717) is 5.69 Å². The molecule has 0 spiro atoms. The highest BCUT2D eigenvalue weighted by Crippen LogP contribution is 2.32. The van der Waals surface area contributed by atoms with Crippen molar-refractivity contribution in [1.82, 2.24) is 14.8 Å². The van der Waals surface area contributed by atoms with Crippen LogP contribution < -0.4 is 0 Å². The van der Waals surface area contributed by atoms with Crippen LogP contribution in [0.5, 0.6) is 0 Å². The third kappa shape index (κ3) is 1.87. The number of rotatable bonds is 3. The van der Waals surface area contributed by atoms with Crippen LogP contribution in [0, 0.1) is 6.92 Å². The Kier molecular flexibility index (Phi) is 2.82. The highest BCUT2D eigenvalue weighted by Gasteiger charge is 2.16. The smallest absolute Gasteiger partial charge is 0.309 e. The first kappa shape index (κ1) is 12.5. The average Bonchev–Trinajstić information content (AvgIpc) is 2.94. The molecule has 0 amide bonds. The van der Waals surface area contributed by atoms with Crippen molar-refractivity contribution in [3.05, 3.63) is 41.7 Å². The van der Waals surface area contributed by atoms with E-state index < -0.39 is 5.97 Å². The Balaban J connectivity index is 2.17. The molecule has 2 N–H and O–H groups in total. The molecule has 0 radical (unpaired) electrons. The van der Waals surface area contributed by atoms with Gasteiger partial charge in [0.25, 0.3) is 0 Å². The Labute approximate surface area is 115 Å². The number of aromatic nitrogens is 3. The number of carboxylic acid groups (broad SMARTS) is 1. The maximum Gasteiger partial charge on any atom is 0.309 e. The molecule has 5 nitrogen and oxygen atoms in total. The SMILES string of the molecule is Cc1c(-c2cc(CC(=O)O)[nH]n2)c2ccccc2n1C. The molecule has 0 saturated heterocycles. The summed E-state index contributed by atoms with van der Waals surface area (Å²) in [7, 11) is 2.02. The molecule has 0 aliphatic heterocycles. The van der Waals surface area contributed by atoms with Crippen LogP contribution in [0.3, 0.4) is 0 Å². The quantitative estimate of drug-likeness (QED) is 0.767. The van der Waals surface area contributed by atoms with E-state index in [1.165, 1.54) is 0 Å². The lowest BCUT2D eigenvalue weighted by Gasteiger charge is -1.98. The number of para-hydroxylation sites is 1. The van der Waals surface area contributed by atoms with E-state index in [-0.39, 0.29) is 6.42 Å². The first-order valence-electron chi connectivity index (χ1n) is 6.38.